The third-order valence-corrected chi connectivity index (χ3v) is 4.46. The second kappa shape index (κ2) is 8.02. The van der Waals surface area contributed by atoms with Crippen molar-refractivity contribution in [1.82, 2.24) is 0 Å². The number of benzene rings is 2. The molecule has 25 heavy (non-hydrogen) atoms. The number of ketones is 1. The van der Waals surface area contributed by atoms with Crippen LogP contribution in [-0.4, -0.2) is 19.5 Å². The normalized spacial score (nSPS) is 11.0. The molecule has 0 aliphatic heterocycles. The van der Waals surface area contributed by atoms with E-state index in [1.807, 2.05) is 24.3 Å². The van der Waals surface area contributed by atoms with Crippen molar-refractivity contribution in [3.63, 3.8) is 0 Å². The summed E-state index contributed by atoms with van der Waals surface area (Å²) < 4.78 is 10.9. The number of Topliss-reactive ketones (excluding diaryl/α,β-unsaturated/α-hetero) is 1. The highest BCUT2D eigenvalue weighted by atomic mass is 16.5. The van der Waals surface area contributed by atoms with E-state index in [0.29, 0.717) is 18.6 Å². The summed E-state index contributed by atoms with van der Waals surface area (Å²) in [5, 5.41) is 0. The van der Waals surface area contributed by atoms with E-state index >= 15 is 0 Å². The van der Waals surface area contributed by atoms with E-state index in [1.165, 1.54) is 11.1 Å². The van der Waals surface area contributed by atoms with Crippen LogP contribution in [0.4, 0.5) is 0 Å². The van der Waals surface area contributed by atoms with Crippen LogP contribution in [-0.2, 0) is 10.2 Å². The molecule has 0 radical (unpaired) electrons. The minimum atomic E-state index is -0.124. The van der Waals surface area contributed by atoms with Crippen LogP contribution in [0, 0.1) is 0 Å². The Morgan fingerprint density at radius 2 is 1.44 bits per heavy atom. The molecule has 0 saturated heterocycles. The van der Waals surface area contributed by atoms with Gasteiger partial charge < -0.3 is 9.47 Å². The maximum absolute atomic E-state index is 11.5. The zero-order valence-corrected chi connectivity index (χ0v) is 15.5. The summed E-state index contributed by atoms with van der Waals surface area (Å²) in [6, 6.07) is 16.2. The molecule has 0 aliphatic carbocycles. The first-order valence-corrected chi connectivity index (χ1v) is 8.41. The van der Waals surface area contributed by atoms with Crippen molar-refractivity contribution in [3.8, 4) is 11.5 Å². The van der Waals surface area contributed by atoms with Gasteiger partial charge in [-0.25, -0.2) is 0 Å². The number of methoxy groups -OCH3 is 1. The minimum Gasteiger partial charge on any atom is -0.497 e. The second-order valence-electron chi connectivity index (χ2n) is 6.68. The molecule has 0 fully saturated rings. The predicted octanol–water partition coefficient (Wildman–Crippen LogP) is 4.94. The molecule has 0 atom stereocenters. The molecule has 2 aromatic carbocycles. The van der Waals surface area contributed by atoms with Crippen molar-refractivity contribution in [3.05, 3.63) is 71.8 Å². The van der Waals surface area contributed by atoms with Crippen LogP contribution in [0.2, 0.25) is 0 Å². The van der Waals surface area contributed by atoms with Gasteiger partial charge in [0.25, 0.3) is 0 Å². The van der Waals surface area contributed by atoms with Crippen molar-refractivity contribution < 1.29 is 14.3 Å². The van der Waals surface area contributed by atoms with Crippen LogP contribution in [0.3, 0.4) is 0 Å². The third kappa shape index (κ3) is 4.72. The van der Waals surface area contributed by atoms with Crippen LogP contribution in [0.1, 0.15) is 38.3 Å². The molecular formula is C22H26O3. The highest BCUT2D eigenvalue weighted by Gasteiger charge is 2.23. The third-order valence-electron chi connectivity index (χ3n) is 4.46. The maximum atomic E-state index is 11.5. The fourth-order valence-corrected chi connectivity index (χ4v) is 2.62. The van der Waals surface area contributed by atoms with Gasteiger partial charge in [0.1, 0.15) is 11.5 Å². The summed E-state index contributed by atoms with van der Waals surface area (Å²) in [5.74, 6) is 1.66. The van der Waals surface area contributed by atoms with E-state index in [-0.39, 0.29) is 11.2 Å². The van der Waals surface area contributed by atoms with Gasteiger partial charge in [-0.1, -0.05) is 44.7 Å². The molecule has 0 saturated carbocycles. The van der Waals surface area contributed by atoms with Crippen molar-refractivity contribution in [1.29, 1.82) is 0 Å². The van der Waals surface area contributed by atoms with Gasteiger partial charge in [0.2, 0.25) is 0 Å². The van der Waals surface area contributed by atoms with Crippen LogP contribution >= 0.6 is 0 Å². The Balaban J connectivity index is 2.04. The zero-order valence-electron chi connectivity index (χ0n) is 15.5. The number of hydrogen-bond acceptors (Lipinski definition) is 3. The average molecular weight is 338 g/mol. The number of carbonyl (C=O) groups excluding carboxylic acids is 1. The SMILES string of the molecule is C=C(C)C(=O)CCOc1ccc(C(C)(C)c2ccc(OC)cc2)cc1. The van der Waals surface area contributed by atoms with Crippen molar-refractivity contribution >= 4 is 5.78 Å². The summed E-state index contributed by atoms with van der Waals surface area (Å²) in [4.78, 5) is 11.5. The number of rotatable bonds is 8. The van der Waals surface area contributed by atoms with Crippen LogP contribution in [0.25, 0.3) is 0 Å². The molecule has 132 valence electrons. The standard InChI is InChI=1S/C22H26O3/c1-16(2)21(23)14-15-25-20-12-8-18(9-13-20)22(3,4)17-6-10-19(24-5)11-7-17/h6-13H,1,14-15H2,2-5H3. The molecule has 3 heteroatoms. The molecule has 2 aromatic rings. The Bertz CT molecular complexity index is 725. The zero-order chi connectivity index (χ0) is 18.4. The molecular weight excluding hydrogens is 312 g/mol. The molecule has 0 heterocycles. The van der Waals surface area contributed by atoms with Crippen LogP contribution < -0.4 is 9.47 Å². The molecule has 0 aliphatic rings. The lowest BCUT2D eigenvalue weighted by Crippen LogP contribution is -2.18. The number of allylic oxidation sites excluding steroid dienone is 1. The highest BCUT2D eigenvalue weighted by molar-refractivity contribution is 5.94. The topological polar surface area (TPSA) is 35.5 Å². The van der Waals surface area contributed by atoms with Gasteiger partial charge in [-0.2, -0.15) is 0 Å². The summed E-state index contributed by atoms with van der Waals surface area (Å²) in [6.45, 7) is 10.1. The predicted molar refractivity (Wildman–Crippen MR) is 101 cm³/mol. The van der Waals surface area contributed by atoms with Gasteiger partial charge in [0, 0.05) is 11.8 Å². The number of hydrogen-bond donors (Lipinski definition) is 0. The highest BCUT2D eigenvalue weighted by Crippen LogP contribution is 2.33. The molecule has 0 bridgehead atoms. The lowest BCUT2D eigenvalue weighted by atomic mass is 9.78. The Morgan fingerprint density at radius 1 is 0.960 bits per heavy atom. The second-order valence-corrected chi connectivity index (χ2v) is 6.68. The first-order chi connectivity index (χ1) is 11.8. The van der Waals surface area contributed by atoms with E-state index in [4.69, 9.17) is 9.47 Å². The molecule has 0 unspecified atom stereocenters. The molecule has 0 N–H and O–H groups in total. The fourth-order valence-electron chi connectivity index (χ4n) is 2.62. The van der Waals surface area contributed by atoms with Crippen LogP contribution in [0.5, 0.6) is 11.5 Å². The van der Waals surface area contributed by atoms with Gasteiger partial charge in [0.05, 0.1) is 13.7 Å². The van der Waals surface area contributed by atoms with E-state index < -0.39 is 0 Å². The van der Waals surface area contributed by atoms with Crippen molar-refractivity contribution in [2.45, 2.75) is 32.6 Å². The number of carbonyl (C=O) groups is 1. The van der Waals surface area contributed by atoms with Crippen molar-refractivity contribution in [2.24, 2.45) is 0 Å². The smallest absolute Gasteiger partial charge is 0.161 e. The summed E-state index contributed by atoms with van der Waals surface area (Å²) >= 11 is 0. The lowest BCUT2D eigenvalue weighted by molar-refractivity contribution is -0.115. The average Bonchev–Trinajstić information content (AvgIpc) is 2.62. The molecule has 0 spiro atoms. The molecule has 0 amide bonds. The van der Waals surface area contributed by atoms with E-state index in [0.717, 1.165) is 11.5 Å². The Hall–Kier alpha value is -2.55. The molecule has 3 nitrogen and oxygen atoms in total. The van der Waals surface area contributed by atoms with Gasteiger partial charge in [-0.3, -0.25) is 4.79 Å². The quantitative estimate of drug-likeness (QED) is 0.640. The molecule has 2 rings (SSSR count). The first-order valence-electron chi connectivity index (χ1n) is 8.41. The molecule has 0 aromatic heterocycles. The Labute approximate surface area is 150 Å². The monoisotopic (exact) mass is 338 g/mol. The summed E-state index contributed by atoms with van der Waals surface area (Å²) in [6.07, 6.45) is 0.356. The first kappa shape index (κ1) is 18.8. The maximum Gasteiger partial charge on any atom is 0.161 e. The number of ether oxygens (including phenoxy) is 2. The van der Waals surface area contributed by atoms with Gasteiger partial charge >= 0.3 is 0 Å². The minimum absolute atomic E-state index is 0.0391. The Morgan fingerprint density at radius 3 is 1.88 bits per heavy atom. The van der Waals surface area contributed by atoms with E-state index in [9.17, 15) is 4.79 Å². The van der Waals surface area contributed by atoms with Crippen molar-refractivity contribution in [2.75, 3.05) is 13.7 Å². The van der Waals surface area contributed by atoms with Gasteiger partial charge in [0.15, 0.2) is 5.78 Å². The largest absolute Gasteiger partial charge is 0.497 e. The van der Waals surface area contributed by atoms with E-state index in [1.54, 1.807) is 14.0 Å². The van der Waals surface area contributed by atoms with Gasteiger partial charge in [-0.05, 0) is 47.9 Å². The Kier molecular flexibility index (Phi) is 6.02. The van der Waals surface area contributed by atoms with Gasteiger partial charge in [-0.15, -0.1) is 0 Å². The van der Waals surface area contributed by atoms with E-state index in [2.05, 4.69) is 44.7 Å². The van der Waals surface area contributed by atoms with Crippen LogP contribution in [0.15, 0.2) is 60.7 Å². The summed E-state index contributed by atoms with van der Waals surface area (Å²) in [7, 11) is 1.67. The lowest BCUT2D eigenvalue weighted by Gasteiger charge is -2.26. The summed E-state index contributed by atoms with van der Waals surface area (Å²) in [5.41, 5.74) is 2.86. The fraction of sp³-hybridized carbons (Fsp3) is 0.318.